The number of rotatable bonds is 7. The summed E-state index contributed by atoms with van der Waals surface area (Å²) in [6.45, 7) is 1.73. The molecule has 7 heteroatoms. The van der Waals surface area contributed by atoms with Crippen LogP contribution in [0.5, 0.6) is 5.75 Å². The number of carbonyl (C=O) groups excluding carboxylic acids is 1. The molecule has 0 fully saturated rings. The van der Waals surface area contributed by atoms with E-state index < -0.39 is 6.10 Å². The molecular formula is C23H21N5O2. The number of para-hydroxylation sites is 1. The maximum absolute atomic E-state index is 12.7. The van der Waals surface area contributed by atoms with Crippen LogP contribution in [0.15, 0.2) is 85.2 Å². The van der Waals surface area contributed by atoms with Gasteiger partial charge in [-0.1, -0.05) is 48.5 Å². The zero-order valence-corrected chi connectivity index (χ0v) is 16.5. The first-order valence-corrected chi connectivity index (χ1v) is 9.62. The molecule has 0 saturated heterocycles. The predicted molar refractivity (Wildman–Crippen MR) is 114 cm³/mol. The molecule has 1 aromatic heterocycles. The van der Waals surface area contributed by atoms with Gasteiger partial charge in [0, 0.05) is 5.69 Å². The third-order valence-electron chi connectivity index (χ3n) is 4.64. The van der Waals surface area contributed by atoms with Gasteiger partial charge in [0.25, 0.3) is 5.91 Å². The highest BCUT2D eigenvalue weighted by atomic mass is 16.5. The van der Waals surface area contributed by atoms with E-state index in [0.717, 1.165) is 23.4 Å². The van der Waals surface area contributed by atoms with Crippen LogP contribution in [0.3, 0.4) is 0 Å². The lowest BCUT2D eigenvalue weighted by Gasteiger charge is -2.17. The fourth-order valence-electron chi connectivity index (χ4n) is 3.06. The highest BCUT2D eigenvalue weighted by Crippen LogP contribution is 2.20. The molecule has 0 aliphatic heterocycles. The van der Waals surface area contributed by atoms with E-state index in [1.807, 2.05) is 54.6 Å². The molecule has 0 aliphatic rings. The predicted octanol–water partition coefficient (Wildman–Crippen LogP) is 3.66. The maximum Gasteiger partial charge on any atom is 0.265 e. The number of nitrogens with zero attached hydrogens (tertiary/aromatic N) is 4. The van der Waals surface area contributed by atoms with Gasteiger partial charge in [0.05, 0.1) is 5.69 Å². The Kier molecular flexibility index (Phi) is 5.80. The molecule has 0 spiro atoms. The van der Waals surface area contributed by atoms with Gasteiger partial charge in [-0.25, -0.2) is 4.68 Å². The smallest absolute Gasteiger partial charge is 0.265 e. The second-order valence-corrected chi connectivity index (χ2v) is 6.82. The van der Waals surface area contributed by atoms with Crippen molar-refractivity contribution in [2.24, 2.45) is 0 Å². The first kappa shape index (κ1) is 19.3. The largest absolute Gasteiger partial charge is 0.481 e. The van der Waals surface area contributed by atoms with Gasteiger partial charge in [0.15, 0.2) is 6.10 Å². The van der Waals surface area contributed by atoms with Crippen molar-refractivity contribution in [3.63, 3.8) is 0 Å². The number of hydrogen-bond donors (Lipinski definition) is 1. The summed E-state index contributed by atoms with van der Waals surface area (Å²) in [5.41, 5.74) is 3.83. The molecule has 1 unspecified atom stereocenters. The summed E-state index contributed by atoms with van der Waals surface area (Å²) >= 11 is 0. The lowest BCUT2D eigenvalue weighted by molar-refractivity contribution is -0.122. The quantitative estimate of drug-likeness (QED) is 0.513. The summed E-state index contributed by atoms with van der Waals surface area (Å²) in [6.07, 6.45) is 1.60. The molecule has 0 bridgehead atoms. The van der Waals surface area contributed by atoms with E-state index in [9.17, 15) is 4.79 Å². The zero-order valence-electron chi connectivity index (χ0n) is 16.5. The number of benzene rings is 3. The van der Waals surface area contributed by atoms with Crippen molar-refractivity contribution in [2.75, 3.05) is 5.32 Å². The topological polar surface area (TPSA) is 81.9 Å². The molecule has 1 N–H and O–H groups in total. The molecule has 4 rings (SSSR count). The van der Waals surface area contributed by atoms with E-state index in [1.165, 1.54) is 11.9 Å². The average Bonchev–Trinajstić information content (AvgIpc) is 3.31. The summed E-state index contributed by atoms with van der Waals surface area (Å²) in [5.74, 6) is 0.382. The summed E-state index contributed by atoms with van der Waals surface area (Å²) in [7, 11) is 0. The van der Waals surface area contributed by atoms with Crippen LogP contribution < -0.4 is 10.1 Å². The minimum absolute atomic E-state index is 0.208. The van der Waals surface area contributed by atoms with Crippen LogP contribution in [0.2, 0.25) is 0 Å². The number of anilines is 1. The van der Waals surface area contributed by atoms with Gasteiger partial charge in [-0.15, -0.1) is 5.10 Å². The van der Waals surface area contributed by atoms with Gasteiger partial charge >= 0.3 is 0 Å². The van der Waals surface area contributed by atoms with Crippen molar-refractivity contribution in [1.29, 1.82) is 0 Å². The monoisotopic (exact) mass is 399 g/mol. The Bertz CT molecular complexity index is 1100. The number of amides is 1. The van der Waals surface area contributed by atoms with Gasteiger partial charge in [-0.05, 0) is 65.2 Å². The fraction of sp³-hybridized carbons (Fsp3) is 0.130. The van der Waals surface area contributed by atoms with Crippen LogP contribution in [-0.2, 0) is 11.2 Å². The lowest BCUT2D eigenvalue weighted by Crippen LogP contribution is -2.30. The second kappa shape index (κ2) is 9.00. The zero-order chi connectivity index (χ0) is 20.8. The van der Waals surface area contributed by atoms with E-state index in [1.54, 1.807) is 23.7 Å². The molecule has 1 amide bonds. The number of hydrogen-bond acceptors (Lipinski definition) is 5. The first-order valence-electron chi connectivity index (χ1n) is 9.62. The van der Waals surface area contributed by atoms with Crippen molar-refractivity contribution in [3.8, 4) is 11.4 Å². The van der Waals surface area contributed by atoms with Gasteiger partial charge in [0.1, 0.15) is 12.1 Å². The standard InChI is InChI=1S/C23H21N5O2/c1-17(30-21-13-11-20(12-14-21)28-16-24-26-27-28)23(29)25-22-10-6-5-9-19(22)15-18-7-3-2-4-8-18/h2-14,16-17H,15H2,1H3,(H,25,29). The minimum atomic E-state index is -0.659. The van der Waals surface area contributed by atoms with Crippen LogP contribution in [0.25, 0.3) is 5.69 Å². The third kappa shape index (κ3) is 4.70. The number of ether oxygens (including phenoxy) is 1. The Morgan fingerprint density at radius 3 is 2.47 bits per heavy atom. The Morgan fingerprint density at radius 1 is 1.00 bits per heavy atom. The third-order valence-corrected chi connectivity index (χ3v) is 4.64. The highest BCUT2D eigenvalue weighted by molar-refractivity contribution is 5.94. The van der Waals surface area contributed by atoms with Crippen molar-refractivity contribution >= 4 is 11.6 Å². The summed E-state index contributed by atoms with van der Waals surface area (Å²) in [5, 5.41) is 14.1. The molecule has 3 aromatic carbocycles. The van der Waals surface area contributed by atoms with Crippen LogP contribution in [0.1, 0.15) is 18.1 Å². The molecule has 30 heavy (non-hydrogen) atoms. The molecule has 0 radical (unpaired) electrons. The Labute approximate surface area is 174 Å². The van der Waals surface area contributed by atoms with E-state index in [2.05, 4.69) is 33.0 Å². The number of aromatic nitrogens is 4. The molecule has 1 atom stereocenters. The number of tetrazole rings is 1. The summed E-state index contributed by atoms with van der Waals surface area (Å²) in [6, 6.07) is 25.2. The van der Waals surface area contributed by atoms with Gasteiger partial charge in [-0.2, -0.15) is 0 Å². The molecule has 0 aliphatic carbocycles. The van der Waals surface area contributed by atoms with Crippen LogP contribution in [0.4, 0.5) is 5.69 Å². The second-order valence-electron chi connectivity index (χ2n) is 6.82. The van der Waals surface area contributed by atoms with Crippen LogP contribution >= 0.6 is 0 Å². The fourth-order valence-corrected chi connectivity index (χ4v) is 3.06. The van der Waals surface area contributed by atoms with Crippen molar-refractivity contribution in [3.05, 3.63) is 96.3 Å². The van der Waals surface area contributed by atoms with Crippen molar-refractivity contribution < 1.29 is 9.53 Å². The molecule has 4 aromatic rings. The van der Waals surface area contributed by atoms with Gasteiger partial charge < -0.3 is 10.1 Å². The van der Waals surface area contributed by atoms with E-state index in [0.29, 0.717) is 5.75 Å². The van der Waals surface area contributed by atoms with Gasteiger partial charge in [-0.3, -0.25) is 4.79 Å². The van der Waals surface area contributed by atoms with Crippen LogP contribution in [0, 0.1) is 0 Å². The molecule has 150 valence electrons. The normalized spacial score (nSPS) is 11.6. The SMILES string of the molecule is CC(Oc1ccc(-n2cnnn2)cc1)C(=O)Nc1ccccc1Cc1ccccc1. The number of nitrogens with one attached hydrogen (secondary N) is 1. The summed E-state index contributed by atoms with van der Waals surface area (Å²) < 4.78 is 7.35. The van der Waals surface area contributed by atoms with Crippen LogP contribution in [-0.4, -0.2) is 32.2 Å². The van der Waals surface area contributed by atoms with E-state index in [-0.39, 0.29) is 5.91 Å². The van der Waals surface area contributed by atoms with E-state index >= 15 is 0 Å². The Hall–Kier alpha value is -4.00. The number of carbonyl (C=O) groups is 1. The molecular weight excluding hydrogens is 378 g/mol. The Balaban J connectivity index is 1.40. The highest BCUT2D eigenvalue weighted by Gasteiger charge is 2.16. The lowest BCUT2D eigenvalue weighted by atomic mass is 10.0. The van der Waals surface area contributed by atoms with E-state index in [4.69, 9.17) is 4.74 Å². The first-order chi connectivity index (χ1) is 14.7. The molecule has 0 saturated carbocycles. The van der Waals surface area contributed by atoms with Crippen molar-refractivity contribution in [2.45, 2.75) is 19.4 Å². The minimum Gasteiger partial charge on any atom is -0.481 e. The Morgan fingerprint density at radius 2 is 1.73 bits per heavy atom. The average molecular weight is 399 g/mol. The summed E-state index contributed by atoms with van der Waals surface area (Å²) in [4.78, 5) is 12.7. The van der Waals surface area contributed by atoms with Crippen molar-refractivity contribution in [1.82, 2.24) is 20.2 Å². The molecule has 7 nitrogen and oxygen atoms in total. The maximum atomic E-state index is 12.7. The molecule has 1 heterocycles. The van der Waals surface area contributed by atoms with Gasteiger partial charge in [0.2, 0.25) is 0 Å².